The van der Waals surface area contributed by atoms with E-state index >= 15 is 0 Å². The molecule has 0 aromatic carbocycles. The Kier molecular flexibility index (Phi) is 4.59. The highest BCUT2D eigenvalue weighted by molar-refractivity contribution is 5.19. The normalized spacial score (nSPS) is 12.8. The topological polar surface area (TPSA) is 43.0 Å². The van der Waals surface area contributed by atoms with Gasteiger partial charge in [-0.25, -0.2) is 0 Å². The summed E-state index contributed by atoms with van der Waals surface area (Å²) < 4.78 is 7.60. The fourth-order valence-corrected chi connectivity index (χ4v) is 2.08. The summed E-state index contributed by atoms with van der Waals surface area (Å²) in [7, 11) is 0. The van der Waals surface area contributed by atoms with Crippen LogP contribution in [-0.2, 0) is 6.54 Å². The fourth-order valence-electron chi connectivity index (χ4n) is 2.08. The monoisotopic (exact) mass is 247 g/mol. The van der Waals surface area contributed by atoms with Crippen LogP contribution in [0.3, 0.4) is 0 Å². The summed E-state index contributed by atoms with van der Waals surface area (Å²) in [6.45, 7) is 6.22. The van der Waals surface area contributed by atoms with E-state index in [2.05, 4.69) is 35.0 Å². The molecule has 0 amide bonds. The van der Waals surface area contributed by atoms with Gasteiger partial charge in [0.15, 0.2) is 0 Å². The minimum absolute atomic E-state index is 0.0917. The lowest BCUT2D eigenvalue weighted by atomic mass is 10.1. The number of hydrogen-bond donors (Lipinski definition) is 1. The quantitative estimate of drug-likeness (QED) is 0.818. The van der Waals surface area contributed by atoms with Crippen LogP contribution in [-0.4, -0.2) is 16.3 Å². The molecule has 98 valence electrons. The number of rotatable bonds is 7. The highest BCUT2D eigenvalue weighted by atomic mass is 16.3. The van der Waals surface area contributed by atoms with Crippen LogP contribution in [0.1, 0.15) is 44.2 Å². The van der Waals surface area contributed by atoms with E-state index < -0.39 is 0 Å². The van der Waals surface area contributed by atoms with E-state index in [4.69, 9.17) is 4.42 Å². The molecule has 2 aromatic rings. The van der Waals surface area contributed by atoms with Crippen molar-refractivity contribution < 1.29 is 4.42 Å². The van der Waals surface area contributed by atoms with E-state index in [1.165, 1.54) is 5.69 Å². The summed E-state index contributed by atoms with van der Waals surface area (Å²) >= 11 is 0. The Morgan fingerprint density at radius 2 is 2.22 bits per heavy atom. The van der Waals surface area contributed by atoms with Crippen molar-refractivity contribution in [1.29, 1.82) is 0 Å². The molecule has 0 aliphatic carbocycles. The first kappa shape index (κ1) is 12.9. The van der Waals surface area contributed by atoms with Crippen LogP contribution in [0.15, 0.2) is 35.1 Å². The largest absolute Gasteiger partial charge is 0.467 e. The predicted molar refractivity (Wildman–Crippen MR) is 71.4 cm³/mol. The lowest BCUT2D eigenvalue weighted by molar-refractivity contribution is 0.423. The Balaban J connectivity index is 2.24. The third-order valence-electron chi connectivity index (χ3n) is 2.91. The molecular formula is C14H21N3O. The van der Waals surface area contributed by atoms with Crippen molar-refractivity contribution in [3.63, 3.8) is 0 Å². The predicted octanol–water partition coefficient (Wildman–Crippen LogP) is 2.98. The molecule has 0 radical (unpaired) electrons. The third kappa shape index (κ3) is 2.82. The maximum Gasteiger partial charge on any atom is 0.126 e. The zero-order chi connectivity index (χ0) is 12.8. The number of furan rings is 1. The van der Waals surface area contributed by atoms with E-state index in [1.54, 1.807) is 6.26 Å². The molecule has 0 saturated carbocycles. The van der Waals surface area contributed by atoms with Crippen LogP contribution in [0, 0.1) is 0 Å². The fraction of sp³-hybridized carbons (Fsp3) is 0.500. The van der Waals surface area contributed by atoms with Gasteiger partial charge in [-0.15, -0.1) is 0 Å². The first-order valence-electron chi connectivity index (χ1n) is 6.65. The van der Waals surface area contributed by atoms with Gasteiger partial charge in [-0.1, -0.05) is 13.8 Å². The van der Waals surface area contributed by atoms with Gasteiger partial charge in [-0.2, -0.15) is 5.10 Å². The van der Waals surface area contributed by atoms with Gasteiger partial charge in [0.1, 0.15) is 11.8 Å². The van der Waals surface area contributed by atoms with Crippen LogP contribution in [0.2, 0.25) is 0 Å². The summed E-state index contributed by atoms with van der Waals surface area (Å²) in [5.74, 6) is 0.946. The summed E-state index contributed by atoms with van der Waals surface area (Å²) in [6, 6.07) is 6.09. The maximum atomic E-state index is 5.55. The molecule has 1 atom stereocenters. The molecule has 4 nitrogen and oxygen atoms in total. The molecule has 2 rings (SSSR count). The Bertz CT molecular complexity index is 447. The van der Waals surface area contributed by atoms with Crippen LogP contribution in [0.25, 0.3) is 0 Å². The first-order chi connectivity index (χ1) is 8.86. The molecule has 0 spiro atoms. The standard InChI is InChI=1S/C14H21N3O/c1-3-8-15-14(13-6-5-11-18-13)12-7-9-16-17(12)10-4-2/h5-7,9,11,14-15H,3-4,8,10H2,1-2H3. The van der Waals surface area contributed by atoms with Crippen LogP contribution in [0.5, 0.6) is 0 Å². The molecule has 2 heterocycles. The first-order valence-corrected chi connectivity index (χ1v) is 6.65. The van der Waals surface area contributed by atoms with E-state index in [1.807, 2.05) is 18.3 Å². The molecular weight excluding hydrogens is 226 g/mol. The molecule has 0 aliphatic rings. The summed E-state index contributed by atoms with van der Waals surface area (Å²) in [5, 5.41) is 7.90. The number of hydrogen-bond acceptors (Lipinski definition) is 3. The summed E-state index contributed by atoms with van der Waals surface area (Å²) in [4.78, 5) is 0. The van der Waals surface area contributed by atoms with Gasteiger partial charge in [-0.3, -0.25) is 4.68 Å². The Hall–Kier alpha value is -1.55. The summed E-state index contributed by atoms with van der Waals surface area (Å²) in [6.07, 6.45) is 5.75. The number of aromatic nitrogens is 2. The van der Waals surface area contributed by atoms with E-state index in [0.717, 1.165) is 31.7 Å². The van der Waals surface area contributed by atoms with Crippen LogP contribution >= 0.6 is 0 Å². The molecule has 1 N–H and O–H groups in total. The zero-order valence-electron chi connectivity index (χ0n) is 11.1. The molecule has 18 heavy (non-hydrogen) atoms. The second-order valence-corrected chi connectivity index (χ2v) is 4.38. The van der Waals surface area contributed by atoms with Gasteiger partial charge in [-0.05, 0) is 37.6 Å². The van der Waals surface area contributed by atoms with Gasteiger partial charge >= 0.3 is 0 Å². The molecule has 0 aliphatic heterocycles. The van der Waals surface area contributed by atoms with Gasteiger partial charge in [0.25, 0.3) is 0 Å². The van der Waals surface area contributed by atoms with Crippen molar-refractivity contribution in [1.82, 2.24) is 15.1 Å². The molecule has 4 heteroatoms. The molecule has 0 saturated heterocycles. The zero-order valence-corrected chi connectivity index (χ0v) is 11.1. The average Bonchev–Trinajstić information content (AvgIpc) is 3.02. The highest BCUT2D eigenvalue weighted by Crippen LogP contribution is 2.22. The van der Waals surface area contributed by atoms with Crippen molar-refractivity contribution in [2.75, 3.05) is 6.54 Å². The number of nitrogens with zero attached hydrogens (tertiary/aromatic N) is 2. The average molecular weight is 247 g/mol. The van der Waals surface area contributed by atoms with Crippen LogP contribution < -0.4 is 5.32 Å². The lowest BCUT2D eigenvalue weighted by Crippen LogP contribution is -2.25. The van der Waals surface area contributed by atoms with Crippen molar-refractivity contribution in [2.45, 2.75) is 39.3 Å². The minimum Gasteiger partial charge on any atom is -0.467 e. The van der Waals surface area contributed by atoms with E-state index in [9.17, 15) is 0 Å². The van der Waals surface area contributed by atoms with Gasteiger partial charge in [0.2, 0.25) is 0 Å². The minimum atomic E-state index is 0.0917. The molecule has 0 fully saturated rings. The Morgan fingerprint density at radius 3 is 2.89 bits per heavy atom. The van der Waals surface area contributed by atoms with Gasteiger partial charge in [0.05, 0.1) is 12.0 Å². The van der Waals surface area contributed by atoms with E-state index in [0.29, 0.717) is 0 Å². The smallest absolute Gasteiger partial charge is 0.126 e. The lowest BCUT2D eigenvalue weighted by Gasteiger charge is -2.17. The van der Waals surface area contributed by atoms with Crippen molar-refractivity contribution in [2.24, 2.45) is 0 Å². The van der Waals surface area contributed by atoms with Crippen molar-refractivity contribution in [3.8, 4) is 0 Å². The molecule has 2 aromatic heterocycles. The molecule has 1 unspecified atom stereocenters. The number of aryl methyl sites for hydroxylation is 1. The summed E-state index contributed by atoms with van der Waals surface area (Å²) in [5.41, 5.74) is 1.17. The molecule has 0 bridgehead atoms. The SMILES string of the molecule is CCCNC(c1ccco1)c1ccnn1CCC. The maximum absolute atomic E-state index is 5.55. The second kappa shape index (κ2) is 6.40. The van der Waals surface area contributed by atoms with Crippen molar-refractivity contribution in [3.05, 3.63) is 42.1 Å². The Labute approximate surface area is 108 Å². The van der Waals surface area contributed by atoms with Gasteiger partial charge < -0.3 is 9.73 Å². The Morgan fingerprint density at radius 1 is 1.33 bits per heavy atom. The van der Waals surface area contributed by atoms with Crippen LogP contribution in [0.4, 0.5) is 0 Å². The highest BCUT2D eigenvalue weighted by Gasteiger charge is 2.19. The van der Waals surface area contributed by atoms with Crippen molar-refractivity contribution >= 4 is 0 Å². The van der Waals surface area contributed by atoms with Gasteiger partial charge in [0, 0.05) is 12.7 Å². The second-order valence-electron chi connectivity index (χ2n) is 4.38. The number of nitrogens with one attached hydrogen (secondary N) is 1. The van der Waals surface area contributed by atoms with E-state index in [-0.39, 0.29) is 6.04 Å². The third-order valence-corrected chi connectivity index (χ3v) is 2.91.